The molecule has 1 aromatic rings. The Morgan fingerprint density at radius 3 is 2.39 bits per heavy atom. The molecular weight excluding hydrogens is 309 g/mol. The van der Waals surface area contributed by atoms with Crippen LogP contribution in [0.5, 0.6) is 0 Å². The maximum Gasteiger partial charge on any atom is 0.416 e. The van der Waals surface area contributed by atoms with Crippen molar-refractivity contribution in [2.45, 2.75) is 38.4 Å². The normalized spacial score (nSPS) is 16.8. The second-order valence-corrected chi connectivity index (χ2v) is 5.99. The Morgan fingerprint density at radius 1 is 1.28 bits per heavy atom. The summed E-state index contributed by atoms with van der Waals surface area (Å²) in [7, 11) is 0. The van der Waals surface area contributed by atoms with E-state index in [0.717, 1.165) is 25.0 Å². The third-order valence-electron chi connectivity index (χ3n) is 3.17. The van der Waals surface area contributed by atoms with Gasteiger partial charge in [-0.15, -0.1) is 0 Å². The fourth-order valence-electron chi connectivity index (χ4n) is 1.96. The summed E-state index contributed by atoms with van der Waals surface area (Å²) in [4.78, 5) is 4.05. The first-order chi connectivity index (χ1) is 8.18. The zero-order chi connectivity index (χ0) is 13.6. The Labute approximate surface area is 112 Å². The highest BCUT2D eigenvalue weighted by Crippen LogP contribution is 2.41. The molecule has 0 bridgehead atoms. The molecule has 2 nitrogen and oxygen atoms in total. The van der Waals surface area contributed by atoms with Crippen LogP contribution >= 0.6 is 15.9 Å². The smallest absolute Gasteiger partial charge is 0.365 e. The molecule has 1 aromatic heterocycles. The lowest BCUT2D eigenvalue weighted by molar-refractivity contribution is -0.137. The quantitative estimate of drug-likeness (QED) is 0.831. The van der Waals surface area contributed by atoms with Gasteiger partial charge in [0.05, 0.1) is 5.56 Å². The van der Waals surface area contributed by atoms with Crippen molar-refractivity contribution < 1.29 is 13.2 Å². The lowest BCUT2D eigenvalue weighted by Gasteiger charge is -2.27. The monoisotopic (exact) mass is 322 g/mol. The van der Waals surface area contributed by atoms with Gasteiger partial charge in [-0.1, -0.05) is 0 Å². The highest BCUT2D eigenvalue weighted by molar-refractivity contribution is 9.10. The maximum atomic E-state index is 12.7. The summed E-state index contributed by atoms with van der Waals surface area (Å²) in [6, 6.07) is 2.03. The highest BCUT2D eigenvalue weighted by Gasteiger charge is 2.38. The van der Waals surface area contributed by atoms with E-state index in [1.54, 1.807) is 0 Å². The minimum Gasteiger partial charge on any atom is -0.365 e. The van der Waals surface area contributed by atoms with Crippen LogP contribution in [0, 0.1) is 5.92 Å². The van der Waals surface area contributed by atoms with Crippen molar-refractivity contribution in [3.05, 3.63) is 22.3 Å². The van der Waals surface area contributed by atoms with E-state index in [0.29, 0.717) is 5.92 Å². The van der Waals surface area contributed by atoms with Crippen LogP contribution < -0.4 is 5.32 Å². The molecule has 2 rings (SSSR count). The predicted octanol–water partition coefficient (Wildman–Crippen LogP) is 4.46. The lowest BCUT2D eigenvalue weighted by atomic mass is 9.99. The molecule has 0 aliphatic heterocycles. The Morgan fingerprint density at radius 2 is 1.89 bits per heavy atom. The molecule has 0 unspecified atom stereocenters. The summed E-state index contributed by atoms with van der Waals surface area (Å²) in [5.41, 5.74) is -0.921. The van der Waals surface area contributed by atoms with Crippen LogP contribution in [0.25, 0.3) is 0 Å². The molecule has 1 saturated carbocycles. The molecule has 0 aromatic carbocycles. The van der Waals surface area contributed by atoms with Gasteiger partial charge in [-0.2, -0.15) is 13.2 Å². The van der Waals surface area contributed by atoms with Crippen molar-refractivity contribution >= 4 is 21.7 Å². The van der Waals surface area contributed by atoms with Gasteiger partial charge in [0.15, 0.2) is 0 Å². The van der Waals surface area contributed by atoms with Crippen molar-refractivity contribution in [3.63, 3.8) is 0 Å². The van der Waals surface area contributed by atoms with Crippen molar-refractivity contribution in [2.24, 2.45) is 5.92 Å². The average molecular weight is 323 g/mol. The first kappa shape index (κ1) is 13.6. The van der Waals surface area contributed by atoms with Gasteiger partial charge in [0.1, 0.15) is 10.4 Å². The summed E-state index contributed by atoms with van der Waals surface area (Å²) in [6.07, 6.45) is -2.13. The SMILES string of the molecule is CC(C)(Nc1cc(C(F)(F)F)cc(Br)n1)C1CC1. The number of hydrogen-bond donors (Lipinski definition) is 1. The maximum absolute atomic E-state index is 12.7. The zero-order valence-electron chi connectivity index (χ0n) is 10.1. The number of alkyl halides is 3. The van der Waals surface area contributed by atoms with Crippen LogP contribution in [0.2, 0.25) is 0 Å². The molecule has 0 radical (unpaired) electrons. The van der Waals surface area contributed by atoms with E-state index in [9.17, 15) is 13.2 Å². The summed E-state index contributed by atoms with van der Waals surface area (Å²) < 4.78 is 38.2. The van der Waals surface area contributed by atoms with Gasteiger partial charge in [-0.25, -0.2) is 4.98 Å². The minimum absolute atomic E-state index is 0.187. The molecule has 0 spiro atoms. The molecule has 1 aliphatic carbocycles. The number of pyridine rings is 1. The van der Waals surface area contributed by atoms with Crippen LogP contribution in [-0.2, 0) is 6.18 Å². The Bertz CT molecular complexity index is 453. The van der Waals surface area contributed by atoms with Crippen LogP contribution in [-0.4, -0.2) is 10.5 Å². The molecule has 0 saturated heterocycles. The van der Waals surface area contributed by atoms with Gasteiger partial charge >= 0.3 is 6.18 Å². The first-order valence-electron chi connectivity index (χ1n) is 5.71. The van der Waals surface area contributed by atoms with Crippen LogP contribution in [0.15, 0.2) is 16.7 Å². The van der Waals surface area contributed by atoms with E-state index >= 15 is 0 Å². The molecule has 1 aliphatic rings. The van der Waals surface area contributed by atoms with Crippen LogP contribution in [0.3, 0.4) is 0 Å². The molecule has 1 N–H and O–H groups in total. The van der Waals surface area contributed by atoms with Crippen molar-refractivity contribution in [1.82, 2.24) is 4.98 Å². The van der Waals surface area contributed by atoms with Gasteiger partial charge in [0.2, 0.25) is 0 Å². The second-order valence-electron chi connectivity index (χ2n) is 5.18. The largest absolute Gasteiger partial charge is 0.416 e. The van der Waals surface area contributed by atoms with E-state index in [1.807, 2.05) is 13.8 Å². The fourth-order valence-corrected chi connectivity index (χ4v) is 2.40. The van der Waals surface area contributed by atoms with E-state index < -0.39 is 11.7 Å². The number of hydrogen-bond acceptors (Lipinski definition) is 2. The molecule has 100 valence electrons. The summed E-state index contributed by atoms with van der Waals surface area (Å²) in [5, 5.41) is 3.09. The number of rotatable bonds is 3. The van der Waals surface area contributed by atoms with Crippen molar-refractivity contribution in [2.75, 3.05) is 5.32 Å². The summed E-state index contributed by atoms with van der Waals surface area (Å²) in [6.45, 7) is 3.97. The topological polar surface area (TPSA) is 24.9 Å². The molecule has 1 heterocycles. The Balaban J connectivity index is 2.25. The average Bonchev–Trinajstić information content (AvgIpc) is 2.96. The predicted molar refractivity (Wildman–Crippen MR) is 67.4 cm³/mol. The summed E-state index contributed by atoms with van der Waals surface area (Å²) in [5.74, 6) is 0.765. The van der Waals surface area contributed by atoms with E-state index in [2.05, 4.69) is 26.2 Å². The standard InChI is InChI=1S/C12H14BrF3N2/c1-11(2,7-3-4-7)18-10-6-8(12(14,15)16)5-9(13)17-10/h5-7H,3-4H2,1-2H3,(H,17,18). The fraction of sp³-hybridized carbons (Fsp3) is 0.583. The van der Waals surface area contributed by atoms with Gasteiger partial charge in [-0.3, -0.25) is 0 Å². The van der Waals surface area contributed by atoms with Gasteiger partial charge in [-0.05, 0) is 60.7 Å². The number of nitrogens with one attached hydrogen (secondary N) is 1. The summed E-state index contributed by atoms with van der Waals surface area (Å²) >= 11 is 3.01. The third kappa shape index (κ3) is 3.16. The third-order valence-corrected chi connectivity index (χ3v) is 3.58. The number of nitrogens with zero attached hydrogens (tertiary/aromatic N) is 1. The molecule has 1 fully saturated rings. The van der Waals surface area contributed by atoms with E-state index in [-0.39, 0.29) is 16.0 Å². The van der Waals surface area contributed by atoms with E-state index in [1.165, 1.54) is 0 Å². The lowest BCUT2D eigenvalue weighted by Crippen LogP contribution is -2.33. The molecular formula is C12H14BrF3N2. The number of anilines is 1. The van der Waals surface area contributed by atoms with Gasteiger partial charge in [0, 0.05) is 5.54 Å². The Hall–Kier alpha value is -0.780. The minimum atomic E-state index is -4.36. The van der Waals surface area contributed by atoms with Crippen LogP contribution in [0.4, 0.5) is 19.0 Å². The number of aromatic nitrogens is 1. The molecule has 0 amide bonds. The van der Waals surface area contributed by atoms with Crippen molar-refractivity contribution in [3.8, 4) is 0 Å². The van der Waals surface area contributed by atoms with Gasteiger partial charge < -0.3 is 5.32 Å². The molecule has 18 heavy (non-hydrogen) atoms. The highest BCUT2D eigenvalue weighted by atomic mass is 79.9. The first-order valence-corrected chi connectivity index (χ1v) is 6.51. The van der Waals surface area contributed by atoms with Crippen molar-refractivity contribution in [1.29, 1.82) is 0 Å². The Kier molecular flexibility index (Phi) is 3.34. The molecule has 0 atom stereocenters. The second kappa shape index (κ2) is 4.40. The molecule has 6 heteroatoms. The van der Waals surface area contributed by atoms with Gasteiger partial charge in [0.25, 0.3) is 0 Å². The van der Waals surface area contributed by atoms with Crippen LogP contribution in [0.1, 0.15) is 32.3 Å². The zero-order valence-corrected chi connectivity index (χ0v) is 11.7. The van der Waals surface area contributed by atoms with E-state index in [4.69, 9.17) is 0 Å². The number of halogens is 4.